The molecule has 0 spiro atoms. The number of hydrogen-bond donors (Lipinski definition) is 2. The van der Waals surface area contributed by atoms with Crippen molar-refractivity contribution in [1.82, 2.24) is 0 Å². The van der Waals surface area contributed by atoms with Crippen molar-refractivity contribution in [3.8, 4) is 5.75 Å². The van der Waals surface area contributed by atoms with E-state index in [4.69, 9.17) is 22.4 Å². The van der Waals surface area contributed by atoms with E-state index in [-0.39, 0.29) is 10.6 Å². The molecule has 14 heavy (non-hydrogen) atoms. The van der Waals surface area contributed by atoms with Gasteiger partial charge in [0.05, 0.1) is 5.02 Å². The van der Waals surface area contributed by atoms with Gasteiger partial charge < -0.3 is 10.8 Å². The summed E-state index contributed by atoms with van der Waals surface area (Å²) in [5.41, 5.74) is 4.47. The van der Waals surface area contributed by atoms with E-state index in [1.807, 2.05) is 0 Å². The third kappa shape index (κ3) is 1.81. The summed E-state index contributed by atoms with van der Waals surface area (Å²) in [5, 5.41) is 8.74. The van der Waals surface area contributed by atoms with Crippen molar-refractivity contribution in [3.63, 3.8) is 0 Å². The van der Waals surface area contributed by atoms with E-state index in [9.17, 15) is 8.78 Å². The molecule has 0 bridgehead atoms. The van der Waals surface area contributed by atoms with E-state index < -0.39 is 22.9 Å². The monoisotopic (exact) mass is 221 g/mol. The molecule has 0 amide bonds. The Morgan fingerprint density at radius 2 is 1.86 bits per heavy atom. The molecule has 0 heterocycles. The van der Waals surface area contributed by atoms with Crippen LogP contribution in [0.25, 0.3) is 0 Å². The first kappa shape index (κ1) is 11.2. The minimum absolute atomic E-state index is 0.0715. The molecular weight excluding hydrogens is 212 g/mol. The Bertz CT molecular complexity index is 374. The predicted octanol–water partition coefficient (Wildman–Crippen LogP) is 2.52. The van der Waals surface area contributed by atoms with E-state index in [0.717, 1.165) is 6.07 Å². The van der Waals surface area contributed by atoms with Crippen molar-refractivity contribution in [2.45, 2.75) is 19.4 Å². The molecule has 0 atom stereocenters. The van der Waals surface area contributed by atoms with E-state index in [0.29, 0.717) is 0 Å². The molecule has 0 saturated heterocycles. The molecule has 0 aliphatic heterocycles. The predicted molar refractivity (Wildman–Crippen MR) is 50.2 cm³/mol. The van der Waals surface area contributed by atoms with Gasteiger partial charge in [0.15, 0.2) is 11.6 Å². The van der Waals surface area contributed by atoms with Crippen LogP contribution in [0, 0.1) is 11.6 Å². The average molecular weight is 222 g/mol. The van der Waals surface area contributed by atoms with Gasteiger partial charge in [-0.15, -0.1) is 0 Å². The van der Waals surface area contributed by atoms with Crippen molar-refractivity contribution in [1.29, 1.82) is 0 Å². The van der Waals surface area contributed by atoms with Gasteiger partial charge in [-0.05, 0) is 19.9 Å². The lowest BCUT2D eigenvalue weighted by atomic mass is 9.95. The first-order valence-electron chi connectivity index (χ1n) is 3.91. The van der Waals surface area contributed by atoms with Gasteiger partial charge in [0.25, 0.3) is 0 Å². The number of phenols is 1. The van der Waals surface area contributed by atoms with Gasteiger partial charge in [-0.2, -0.15) is 4.39 Å². The zero-order valence-corrected chi connectivity index (χ0v) is 8.49. The summed E-state index contributed by atoms with van der Waals surface area (Å²) in [5.74, 6) is -3.43. The maximum absolute atomic E-state index is 13.3. The number of aromatic hydroxyl groups is 1. The number of phenolic OH excluding ortho intramolecular Hbond substituents is 1. The van der Waals surface area contributed by atoms with E-state index >= 15 is 0 Å². The van der Waals surface area contributed by atoms with Crippen LogP contribution in [-0.2, 0) is 5.54 Å². The van der Waals surface area contributed by atoms with Crippen LogP contribution >= 0.6 is 11.6 Å². The van der Waals surface area contributed by atoms with Gasteiger partial charge in [0, 0.05) is 11.1 Å². The standard InChI is InChI=1S/C9H10ClF2NO/c1-9(2,13)4-3-5(10)8(14)7(12)6(4)11/h3,14H,13H2,1-2H3. The molecule has 0 fully saturated rings. The highest BCUT2D eigenvalue weighted by Crippen LogP contribution is 2.33. The topological polar surface area (TPSA) is 46.2 Å². The highest BCUT2D eigenvalue weighted by molar-refractivity contribution is 6.32. The molecular formula is C9H10ClF2NO. The molecule has 1 aromatic rings. The molecule has 0 saturated carbocycles. The molecule has 0 aliphatic rings. The molecule has 5 heteroatoms. The Labute approximate surface area is 85.3 Å². The Morgan fingerprint density at radius 1 is 1.36 bits per heavy atom. The summed E-state index contributed by atoms with van der Waals surface area (Å²) in [6.07, 6.45) is 0. The normalized spacial score (nSPS) is 11.9. The maximum atomic E-state index is 13.3. The summed E-state index contributed by atoms with van der Waals surface area (Å²) < 4.78 is 26.3. The van der Waals surface area contributed by atoms with Gasteiger partial charge in [-0.3, -0.25) is 0 Å². The van der Waals surface area contributed by atoms with Crippen molar-refractivity contribution >= 4 is 11.6 Å². The van der Waals surface area contributed by atoms with Crippen LogP contribution < -0.4 is 5.73 Å². The molecule has 2 nitrogen and oxygen atoms in total. The summed E-state index contributed by atoms with van der Waals surface area (Å²) >= 11 is 5.48. The Kier molecular flexibility index (Phi) is 2.69. The van der Waals surface area contributed by atoms with Gasteiger partial charge in [0.1, 0.15) is 0 Å². The summed E-state index contributed by atoms with van der Waals surface area (Å²) in [4.78, 5) is 0. The van der Waals surface area contributed by atoms with E-state index in [1.54, 1.807) is 0 Å². The zero-order valence-electron chi connectivity index (χ0n) is 7.74. The van der Waals surface area contributed by atoms with Gasteiger partial charge in [-0.1, -0.05) is 11.6 Å². The van der Waals surface area contributed by atoms with Crippen LogP contribution in [0.3, 0.4) is 0 Å². The molecule has 0 aliphatic carbocycles. The van der Waals surface area contributed by atoms with E-state index in [2.05, 4.69) is 0 Å². The van der Waals surface area contributed by atoms with Gasteiger partial charge in [0.2, 0.25) is 5.82 Å². The second-order valence-corrected chi connectivity index (χ2v) is 4.01. The van der Waals surface area contributed by atoms with Gasteiger partial charge in [-0.25, -0.2) is 4.39 Å². The summed E-state index contributed by atoms with van der Waals surface area (Å²) in [6.45, 7) is 3.02. The lowest BCUT2D eigenvalue weighted by molar-refractivity contribution is 0.394. The quantitative estimate of drug-likeness (QED) is 0.716. The second kappa shape index (κ2) is 3.37. The number of halogens is 3. The number of nitrogens with two attached hydrogens (primary N) is 1. The Balaban J connectivity index is 3.49. The van der Waals surface area contributed by atoms with Crippen molar-refractivity contribution in [3.05, 3.63) is 28.3 Å². The van der Waals surface area contributed by atoms with Crippen molar-refractivity contribution in [2.24, 2.45) is 5.73 Å². The minimum atomic E-state index is -1.37. The summed E-state index contributed by atoms with van der Waals surface area (Å²) in [7, 11) is 0. The fourth-order valence-electron chi connectivity index (χ4n) is 1.05. The van der Waals surface area contributed by atoms with Crippen molar-refractivity contribution < 1.29 is 13.9 Å². The smallest absolute Gasteiger partial charge is 0.202 e. The van der Waals surface area contributed by atoms with Gasteiger partial charge >= 0.3 is 0 Å². The zero-order chi connectivity index (χ0) is 11.1. The molecule has 0 radical (unpaired) electrons. The van der Waals surface area contributed by atoms with E-state index in [1.165, 1.54) is 13.8 Å². The lowest BCUT2D eigenvalue weighted by Crippen LogP contribution is -2.30. The Morgan fingerprint density at radius 3 is 2.29 bits per heavy atom. The summed E-state index contributed by atoms with van der Waals surface area (Å²) in [6, 6.07) is 1.12. The largest absolute Gasteiger partial charge is 0.504 e. The third-order valence-electron chi connectivity index (χ3n) is 1.83. The van der Waals surface area contributed by atoms with Crippen LogP contribution in [-0.4, -0.2) is 5.11 Å². The third-order valence-corrected chi connectivity index (χ3v) is 2.12. The fourth-order valence-corrected chi connectivity index (χ4v) is 1.25. The molecule has 78 valence electrons. The van der Waals surface area contributed by atoms with Crippen LogP contribution in [0.1, 0.15) is 19.4 Å². The SMILES string of the molecule is CC(C)(N)c1cc(Cl)c(O)c(F)c1F. The Hall–Kier alpha value is -0.870. The lowest BCUT2D eigenvalue weighted by Gasteiger charge is -2.20. The molecule has 0 unspecified atom stereocenters. The molecule has 3 N–H and O–H groups in total. The highest BCUT2D eigenvalue weighted by Gasteiger charge is 2.25. The first-order valence-corrected chi connectivity index (χ1v) is 4.28. The van der Waals surface area contributed by atoms with Crippen LogP contribution in [0.4, 0.5) is 8.78 Å². The number of benzene rings is 1. The molecule has 0 aromatic heterocycles. The first-order chi connectivity index (χ1) is 6.25. The minimum Gasteiger partial charge on any atom is -0.504 e. The average Bonchev–Trinajstić information content (AvgIpc) is 2.06. The number of rotatable bonds is 1. The molecule has 1 aromatic carbocycles. The number of hydrogen-bond acceptors (Lipinski definition) is 2. The van der Waals surface area contributed by atoms with Crippen LogP contribution in [0.2, 0.25) is 5.02 Å². The van der Waals surface area contributed by atoms with Crippen LogP contribution in [0.5, 0.6) is 5.75 Å². The molecule has 1 rings (SSSR count). The van der Waals surface area contributed by atoms with Crippen LogP contribution in [0.15, 0.2) is 6.07 Å². The van der Waals surface area contributed by atoms with Crippen molar-refractivity contribution in [2.75, 3.05) is 0 Å². The fraction of sp³-hybridized carbons (Fsp3) is 0.333. The second-order valence-electron chi connectivity index (χ2n) is 3.60. The maximum Gasteiger partial charge on any atom is 0.202 e. The highest BCUT2D eigenvalue weighted by atomic mass is 35.5.